The molecule has 12 heteroatoms. The van der Waals surface area contributed by atoms with Crippen LogP contribution >= 0.6 is 0 Å². The van der Waals surface area contributed by atoms with Crippen molar-refractivity contribution in [3.63, 3.8) is 0 Å². The number of anilines is 2. The van der Waals surface area contributed by atoms with Crippen LogP contribution in [0.2, 0.25) is 0 Å². The summed E-state index contributed by atoms with van der Waals surface area (Å²) in [6, 6.07) is 20.1. The van der Waals surface area contributed by atoms with Crippen molar-refractivity contribution in [1.29, 1.82) is 0 Å². The molecule has 3 heterocycles. The standard InChI is InChI=1S/C43H50N10O2/c1-8-23-49(24-9-2)29-33-30-52(48-47-33)25-22-45-28-32(46-44-7)31-53-42(54)36-16-14-15-17-37(36)43(53)38-20-18-34(50(10-3)11-4)26-40(38)55-41-27-35(19-21-39(41)43)51(12-5)13-6/h1-2,14-21,26-28,30,32H,10-13,22-25,29,31H2,3-7H3. The van der Waals surface area contributed by atoms with Gasteiger partial charge in [-0.2, -0.15) is 10.2 Å². The van der Waals surface area contributed by atoms with Crippen molar-refractivity contribution < 1.29 is 9.53 Å². The summed E-state index contributed by atoms with van der Waals surface area (Å²) >= 11 is 0. The van der Waals surface area contributed by atoms with Gasteiger partial charge in [0.05, 0.1) is 38.4 Å². The van der Waals surface area contributed by atoms with Crippen LogP contribution in [0.5, 0.6) is 11.5 Å². The lowest BCUT2D eigenvalue weighted by Gasteiger charge is -2.45. The predicted octanol–water partition coefficient (Wildman–Crippen LogP) is 6.11. The summed E-state index contributed by atoms with van der Waals surface area (Å²) in [6.07, 6.45) is 14.7. The topological polar surface area (TPSA) is 107 Å². The van der Waals surface area contributed by atoms with Crippen LogP contribution in [-0.4, -0.2) is 102 Å². The molecule has 2 aliphatic heterocycles. The lowest BCUT2D eigenvalue weighted by Crippen LogP contribution is -2.50. The maximum Gasteiger partial charge on any atom is 0.255 e. The van der Waals surface area contributed by atoms with Crippen LogP contribution in [0.3, 0.4) is 0 Å². The first-order valence-electron chi connectivity index (χ1n) is 19.0. The lowest BCUT2D eigenvalue weighted by molar-refractivity contribution is 0.0663. The number of benzene rings is 3. The average Bonchev–Trinajstić information content (AvgIpc) is 3.74. The number of carbonyl (C=O) groups excluding carboxylic acids is 1. The Kier molecular flexibility index (Phi) is 12.3. The first kappa shape index (κ1) is 38.7. The van der Waals surface area contributed by atoms with Gasteiger partial charge in [0.25, 0.3) is 5.91 Å². The fraction of sp³-hybridized carbons (Fsp3) is 0.395. The highest BCUT2D eigenvalue weighted by Gasteiger charge is 2.56. The van der Waals surface area contributed by atoms with E-state index in [1.807, 2.05) is 34.2 Å². The number of carbonyl (C=O) groups is 1. The minimum atomic E-state index is -0.987. The number of nitrogens with zero attached hydrogens (tertiary/aromatic N) is 10. The Morgan fingerprint density at radius 1 is 0.891 bits per heavy atom. The van der Waals surface area contributed by atoms with Crippen LogP contribution in [-0.2, 0) is 18.6 Å². The molecule has 1 atom stereocenters. The van der Waals surface area contributed by atoms with Gasteiger partial charge in [-0.3, -0.25) is 19.4 Å². The molecule has 55 heavy (non-hydrogen) atoms. The zero-order valence-electron chi connectivity index (χ0n) is 32.5. The van der Waals surface area contributed by atoms with E-state index in [1.165, 1.54) is 0 Å². The van der Waals surface area contributed by atoms with Crippen molar-refractivity contribution in [2.24, 2.45) is 15.2 Å². The molecular weight excluding hydrogens is 689 g/mol. The number of azo groups is 1. The zero-order valence-corrected chi connectivity index (χ0v) is 32.5. The van der Waals surface area contributed by atoms with Gasteiger partial charge in [0, 0.05) is 92.4 Å². The Hall–Kier alpha value is -5.98. The Balaban J connectivity index is 1.37. The fourth-order valence-corrected chi connectivity index (χ4v) is 7.83. The molecule has 0 saturated heterocycles. The number of amides is 1. The van der Waals surface area contributed by atoms with Gasteiger partial charge in [-0.25, -0.2) is 0 Å². The number of hydrogen-bond donors (Lipinski definition) is 0. The van der Waals surface area contributed by atoms with E-state index < -0.39 is 11.6 Å². The summed E-state index contributed by atoms with van der Waals surface area (Å²) in [6.45, 7) is 14.6. The molecule has 1 spiro atoms. The summed E-state index contributed by atoms with van der Waals surface area (Å²) in [5.74, 6) is 6.62. The number of ether oxygens (including phenoxy) is 1. The summed E-state index contributed by atoms with van der Waals surface area (Å²) in [5.41, 5.74) is 5.27. The Bertz CT molecular complexity index is 2040. The Labute approximate surface area is 324 Å². The lowest BCUT2D eigenvalue weighted by atomic mass is 9.74. The van der Waals surface area contributed by atoms with E-state index in [0.717, 1.165) is 71.4 Å². The third-order valence-electron chi connectivity index (χ3n) is 10.4. The number of fused-ring (bicyclic) bond motifs is 6. The van der Waals surface area contributed by atoms with E-state index in [4.69, 9.17) is 22.6 Å². The second-order valence-electron chi connectivity index (χ2n) is 13.4. The van der Waals surface area contributed by atoms with E-state index in [9.17, 15) is 4.79 Å². The van der Waals surface area contributed by atoms with Crippen molar-refractivity contribution in [3.05, 3.63) is 94.8 Å². The van der Waals surface area contributed by atoms with Gasteiger partial charge in [0.15, 0.2) is 0 Å². The smallest absolute Gasteiger partial charge is 0.255 e. The van der Waals surface area contributed by atoms with Crippen LogP contribution in [0.1, 0.15) is 60.4 Å². The number of rotatable bonds is 17. The molecule has 0 N–H and O–H groups in total. The van der Waals surface area contributed by atoms with Crippen LogP contribution in [0.4, 0.5) is 11.4 Å². The minimum Gasteiger partial charge on any atom is -0.456 e. The first-order chi connectivity index (χ1) is 26.9. The molecule has 3 aromatic carbocycles. The highest BCUT2D eigenvalue weighted by atomic mass is 16.5. The maximum atomic E-state index is 14.7. The van der Waals surface area contributed by atoms with Crippen molar-refractivity contribution in [1.82, 2.24) is 24.8 Å². The molecular formula is C43H50N10O2. The normalized spacial score (nSPS) is 14.5. The van der Waals surface area contributed by atoms with Gasteiger partial charge >= 0.3 is 0 Å². The van der Waals surface area contributed by atoms with Gasteiger partial charge in [-0.1, -0.05) is 47.4 Å². The van der Waals surface area contributed by atoms with Gasteiger partial charge in [0.1, 0.15) is 23.1 Å². The van der Waals surface area contributed by atoms with E-state index in [1.54, 1.807) is 17.9 Å². The molecule has 0 radical (unpaired) electrons. The van der Waals surface area contributed by atoms with Gasteiger partial charge in [-0.15, -0.1) is 17.9 Å². The second kappa shape index (κ2) is 17.4. The van der Waals surface area contributed by atoms with Crippen molar-refractivity contribution in [2.75, 3.05) is 69.2 Å². The first-order valence-corrected chi connectivity index (χ1v) is 19.0. The SMILES string of the molecule is C#CCN(CC#C)Cc1cn(CCN=CC(CN2C(=O)c3ccccc3C23c2ccc(N(CC)CC)cc2Oc2cc(N(CC)CC)ccc23)N=NC)nn1. The molecule has 4 aromatic rings. The van der Waals surface area contributed by atoms with Gasteiger partial charge < -0.3 is 19.4 Å². The van der Waals surface area contributed by atoms with E-state index >= 15 is 0 Å². The predicted molar refractivity (Wildman–Crippen MR) is 218 cm³/mol. The average molecular weight is 739 g/mol. The molecule has 0 fully saturated rings. The molecule has 1 unspecified atom stereocenters. The quantitative estimate of drug-likeness (QED) is 0.0731. The minimum absolute atomic E-state index is 0.0846. The maximum absolute atomic E-state index is 14.7. The van der Waals surface area contributed by atoms with Crippen molar-refractivity contribution >= 4 is 23.5 Å². The number of hydrogen-bond acceptors (Lipinski definition) is 10. The third-order valence-corrected chi connectivity index (χ3v) is 10.4. The summed E-state index contributed by atoms with van der Waals surface area (Å²) < 4.78 is 8.60. The molecule has 6 rings (SSSR count). The molecule has 0 aliphatic carbocycles. The molecule has 284 valence electrons. The summed E-state index contributed by atoms with van der Waals surface area (Å²) in [5, 5.41) is 17.3. The zero-order chi connectivity index (χ0) is 39.0. The summed E-state index contributed by atoms with van der Waals surface area (Å²) in [4.78, 5) is 28.0. The van der Waals surface area contributed by atoms with Crippen LogP contribution in [0, 0.1) is 24.7 Å². The molecule has 1 amide bonds. The Morgan fingerprint density at radius 2 is 1.51 bits per heavy atom. The highest BCUT2D eigenvalue weighted by molar-refractivity contribution is 6.02. The molecule has 0 bridgehead atoms. The van der Waals surface area contributed by atoms with Crippen LogP contribution in [0.25, 0.3) is 0 Å². The number of terminal acetylenes is 2. The number of aliphatic imine (C=N–C) groups is 1. The van der Waals surface area contributed by atoms with Crippen molar-refractivity contribution in [3.8, 4) is 36.2 Å². The Morgan fingerprint density at radius 3 is 2.09 bits per heavy atom. The summed E-state index contributed by atoms with van der Waals surface area (Å²) in [7, 11) is 1.64. The third kappa shape index (κ3) is 7.56. The van der Waals surface area contributed by atoms with Gasteiger partial charge in [-0.05, 0) is 51.5 Å². The fourth-order valence-electron chi connectivity index (χ4n) is 7.83. The largest absolute Gasteiger partial charge is 0.456 e. The van der Waals surface area contributed by atoms with Crippen LogP contribution in [0.15, 0.2) is 82.1 Å². The molecule has 0 saturated carbocycles. The highest BCUT2D eigenvalue weighted by Crippen LogP contribution is 2.58. The van der Waals surface area contributed by atoms with E-state index in [2.05, 4.69) is 112 Å². The van der Waals surface area contributed by atoms with Crippen LogP contribution < -0.4 is 14.5 Å². The van der Waals surface area contributed by atoms with Gasteiger partial charge in [0.2, 0.25) is 0 Å². The monoisotopic (exact) mass is 738 g/mol. The van der Waals surface area contributed by atoms with E-state index in [0.29, 0.717) is 38.3 Å². The van der Waals surface area contributed by atoms with E-state index in [-0.39, 0.29) is 12.5 Å². The molecule has 12 nitrogen and oxygen atoms in total. The number of aromatic nitrogens is 3. The van der Waals surface area contributed by atoms with Crippen molar-refractivity contribution in [2.45, 2.75) is 52.4 Å². The molecule has 1 aromatic heterocycles. The molecule has 2 aliphatic rings. The second-order valence-corrected chi connectivity index (χ2v) is 13.4.